The minimum absolute atomic E-state index is 0. The van der Waals surface area contributed by atoms with Gasteiger partial charge in [0.25, 0.3) is 5.91 Å². The SMILES string of the molecule is CCNCC1CCN(C(=O)c2c(F)cccc2OC)CC1.Cl. The van der Waals surface area contributed by atoms with E-state index in [2.05, 4.69) is 12.2 Å². The van der Waals surface area contributed by atoms with Gasteiger partial charge in [-0.15, -0.1) is 12.4 Å². The zero-order chi connectivity index (χ0) is 15.2. The van der Waals surface area contributed by atoms with Gasteiger partial charge in [0.1, 0.15) is 17.1 Å². The molecule has 0 saturated carbocycles. The van der Waals surface area contributed by atoms with Gasteiger partial charge < -0.3 is 15.0 Å². The monoisotopic (exact) mass is 330 g/mol. The highest BCUT2D eigenvalue weighted by Crippen LogP contribution is 2.25. The van der Waals surface area contributed by atoms with Gasteiger partial charge in [0.05, 0.1) is 7.11 Å². The summed E-state index contributed by atoms with van der Waals surface area (Å²) in [5.74, 6) is 0.104. The highest BCUT2D eigenvalue weighted by Gasteiger charge is 2.27. The van der Waals surface area contributed by atoms with E-state index in [1.54, 1.807) is 17.0 Å². The second-order valence-corrected chi connectivity index (χ2v) is 5.36. The maximum absolute atomic E-state index is 13.9. The van der Waals surface area contributed by atoms with E-state index >= 15 is 0 Å². The van der Waals surface area contributed by atoms with Gasteiger partial charge in [-0.3, -0.25) is 4.79 Å². The quantitative estimate of drug-likeness (QED) is 0.902. The molecule has 1 aromatic carbocycles. The molecule has 1 aliphatic heterocycles. The van der Waals surface area contributed by atoms with Crippen LogP contribution < -0.4 is 10.1 Å². The molecule has 0 bridgehead atoms. The molecule has 6 heteroatoms. The van der Waals surface area contributed by atoms with Crippen LogP contribution in [0.25, 0.3) is 0 Å². The van der Waals surface area contributed by atoms with Crippen molar-refractivity contribution in [1.82, 2.24) is 10.2 Å². The smallest absolute Gasteiger partial charge is 0.260 e. The fraction of sp³-hybridized carbons (Fsp3) is 0.562. The first-order valence-corrected chi connectivity index (χ1v) is 7.49. The van der Waals surface area contributed by atoms with E-state index in [1.807, 2.05) is 0 Å². The summed E-state index contributed by atoms with van der Waals surface area (Å²) in [5.41, 5.74) is 0.0464. The Bertz CT molecular complexity index is 491. The van der Waals surface area contributed by atoms with Crippen molar-refractivity contribution in [3.8, 4) is 5.75 Å². The fourth-order valence-corrected chi connectivity index (χ4v) is 2.73. The Kier molecular flexibility index (Phi) is 7.62. The number of hydrogen-bond donors (Lipinski definition) is 1. The van der Waals surface area contributed by atoms with Crippen molar-refractivity contribution >= 4 is 18.3 Å². The first kappa shape index (κ1) is 18.7. The summed E-state index contributed by atoms with van der Waals surface area (Å²) in [6, 6.07) is 4.47. The number of hydrogen-bond acceptors (Lipinski definition) is 3. The Labute approximate surface area is 137 Å². The summed E-state index contributed by atoms with van der Waals surface area (Å²) >= 11 is 0. The predicted molar refractivity (Wildman–Crippen MR) is 87.4 cm³/mol. The van der Waals surface area contributed by atoms with Crippen LogP contribution in [0.3, 0.4) is 0 Å². The third kappa shape index (κ3) is 4.34. The van der Waals surface area contributed by atoms with Gasteiger partial charge in [-0.2, -0.15) is 0 Å². The van der Waals surface area contributed by atoms with Crippen molar-refractivity contribution in [3.05, 3.63) is 29.6 Å². The van der Waals surface area contributed by atoms with E-state index in [0.717, 1.165) is 25.9 Å². The van der Waals surface area contributed by atoms with Gasteiger partial charge >= 0.3 is 0 Å². The number of ether oxygens (including phenoxy) is 1. The predicted octanol–water partition coefficient (Wildman–Crippen LogP) is 2.72. The molecule has 2 rings (SSSR count). The molecule has 1 saturated heterocycles. The molecule has 124 valence electrons. The average Bonchev–Trinajstić information content (AvgIpc) is 2.52. The molecule has 1 heterocycles. The van der Waals surface area contributed by atoms with Crippen LogP contribution in [0.1, 0.15) is 30.1 Å². The lowest BCUT2D eigenvalue weighted by atomic mass is 9.96. The lowest BCUT2D eigenvalue weighted by Gasteiger charge is -2.32. The van der Waals surface area contributed by atoms with Gasteiger partial charge in [0.15, 0.2) is 0 Å². The molecule has 0 aromatic heterocycles. The van der Waals surface area contributed by atoms with E-state index in [1.165, 1.54) is 13.2 Å². The van der Waals surface area contributed by atoms with Crippen LogP contribution in [0.2, 0.25) is 0 Å². The Balaban J connectivity index is 0.00000242. The van der Waals surface area contributed by atoms with Crippen molar-refractivity contribution in [2.24, 2.45) is 5.92 Å². The number of methoxy groups -OCH3 is 1. The molecular formula is C16H24ClFN2O2. The summed E-state index contributed by atoms with van der Waals surface area (Å²) < 4.78 is 19.1. The van der Waals surface area contributed by atoms with Crippen molar-refractivity contribution in [3.63, 3.8) is 0 Å². The van der Waals surface area contributed by atoms with Crippen LogP contribution in [0, 0.1) is 11.7 Å². The Hall–Kier alpha value is -1.33. The van der Waals surface area contributed by atoms with Gasteiger partial charge in [0.2, 0.25) is 0 Å². The van der Waals surface area contributed by atoms with Crippen molar-refractivity contribution < 1.29 is 13.9 Å². The number of likely N-dealkylation sites (tertiary alicyclic amines) is 1. The number of nitrogens with zero attached hydrogens (tertiary/aromatic N) is 1. The average molecular weight is 331 g/mol. The first-order valence-electron chi connectivity index (χ1n) is 7.49. The minimum atomic E-state index is -0.519. The van der Waals surface area contributed by atoms with Crippen LogP contribution in [0.15, 0.2) is 18.2 Å². The molecule has 1 amide bonds. The molecule has 0 radical (unpaired) electrons. The zero-order valence-corrected chi connectivity index (χ0v) is 13.9. The highest BCUT2D eigenvalue weighted by atomic mass is 35.5. The number of carbonyl (C=O) groups is 1. The molecule has 1 aliphatic rings. The number of halogens is 2. The van der Waals surface area contributed by atoms with Gasteiger partial charge in [0, 0.05) is 13.1 Å². The maximum Gasteiger partial charge on any atom is 0.260 e. The summed E-state index contributed by atoms with van der Waals surface area (Å²) in [5, 5.41) is 3.34. The molecular weight excluding hydrogens is 307 g/mol. The Morgan fingerprint density at radius 1 is 1.41 bits per heavy atom. The number of piperidine rings is 1. The molecule has 22 heavy (non-hydrogen) atoms. The molecule has 0 unspecified atom stereocenters. The van der Waals surface area contributed by atoms with Crippen LogP contribution in [0.4, 0.5) is 4.39 Å². The molecule has 1 aromatic rings. The summed E-state index contributed by atoms with van der Waals surface area (Å²) in [7, 11) is 1.45. The molecule has 0 aliphatic carbocycles. The molecule has 0 atom stereocenters. The topological polar surface area (TPSA) is 41.6 Å². The molecule has 4 nitrogen and oxygen atoms in total. The lowest BCUT2D eigenvalue weighted by Crippen LogP contribution is -2.41. The van der Waals surface area contributed by atoms with E-state index in [0.29, 0.717) is 24.8 Å². The molecule has 1 N–H and O–H groups in total. The van der Waals surface area contributed by atoms with Gasteiger partial charge in [-0.25, -0.2) is 4.39 Å². The van der Waals surface area contributed by atoms with Crippen LogP contribution >= 0.6 is 12.4 Å². The summed E-state index contributed by atoms with van der Waals surface area (Å²) in [6.45, 7) is 5.38. The lowest BCUT2D eigenvalue weighted by molar-refractivity contribution is 0.0682. The normalized spacial score (nSPS) is 15.3. The third-order valence-corrected chi connectivity index (χ3v) is 3.99. The standard InChI is InChI=1S/C16H23FN2O2.ClH/c1-3-18-11-12-7-9-19(10-8-12)16(20)15-13(17)5-4-6-14(15)21-2;/h4-6,12,18H,3,7-11H2,1-2H3;1H. The first-order chi connectivity index (χ1) is 10.2. The van der Waals surface area contributed by atoms with Crippen LogP contribution in [-0.2, 0) is 0 Å². The van der Waals surface area contributed by atoms with Crippen molar-refractivity contribution in [1.29, 1.82) is 0 Å². The summed E-state index contributed by atoms with van der Waals surface area (Å²) in [4.78, 5) is 14.2. The Morgan fingerprint density at radius 2 is 2.09 bits per heavy atom. The number of carbonyl (C=O) groups excluding carboxylic acids is 1. The van der Waals surface area contributed by atoms with Gasteiger partial charge in [-0.1, -0.05) is 13.0 Å². The number of rotatable bonds is 5. The second-order valence-electron chi connectivity index (χ2n) is 5.36. The number of benzene rings is 1. The van der Waals surface area contributed by atoms with E-state index in [-0.39, 0.29) is 23.9 Å². The van der Waals surface area contributed by atoms with E-state index in [9.17, 15) is 9.18 Å². The Morgan fingerprint density at radius 3 is 2.68 bits per heavy atom. The maximum atomic E-state index is 13.9. The second kappa shape index (κ2) is 8.96. The number of nitrogens with one attached hydrogen (secondary N) is 1. The molecule has 0 spiro atoms. The molecule has 1 fully saturated rings. The largest absolute Gasteiger partial charge is 0.496 e. The highest BCUT2D eigenvalue weighted by molar-refractivity contribution is 5.97. The van der Waals surface area contributed by atoms with Gasteiger partial charge in [-0.05, 0) is 44.0 Å². The van der Waals surface area contributed by atoms with E-state index in [4.69, 9.17) is 4.74 Å². The summed E-state index contributed by atoms with van der Waals surface area (Å²) in [6.07, 6.45) is 1.91. The third-order valence-electron chi connectivity index (χ3n) is 3.99. The van der Waals surface area contributed by atoms with Crippen LogP contribution in [-0.4, -0.2) is 44.1 Å². The van der Waals surface area contributed by atoms with Crippen molar-refractivity contribution in [2.75, 3.05) is 33.3 Å². The van der Waals surface area contributed by atoms with Crippen LogP contribution in [0.5, 0.6) is 5.75 Å². The zero-order valence-electron chi connectivity index (χ0n) is 13.1. The minimum Gasteiger partial charge on any atom is -0.496 e. The number of amides is 1. The van der Waals surface area contributed by atoms with Crippen molar-refractivity contribution in [2.45, 2.75) is 19.8 Å². The van der Waals surface area contributed by atoms with E-state index < -0.39 is 5.82 Å². The fourth-order valence-electron chi connectivity index (χ4n) is 2.73.